The molecule has 2 rings (SSSR count). The van der Waals surface area contributed by atoms with Gasteiger partial charge in [-0.15, -0.1) is 0 Å². The highest BCUT2D eigenvalue weighted by Crippen LogP contribution is 2.42. The lowest BCUT2D eigenvalue weighted by Crippen LogP contribution is -2.46. The van der Waals surface area contributed by atoms with E-state index in [1.165, 1.54) is 6.20 Å². The maximum atomic E-state index is 11.0. The summed E-state index contributed by atoms with van der Waals surface area (Å²) in [7, 11) is 0. The number of rotatable bonds is 4. The van der Waals surface area contributed by atoms with Crippen molar-refractivity contribution in [1.82, 2.24) is 0 Å². The average molecular weight is 209 g/mol. The lowest BCUT2D eigenvalue weighted by molar-refractivity contribution is -0.606. The summed E-state index contributed by atoms with van der Waals surface area (Å²) >= 11 is 0. The van der Waals surface area contributed by atoms with Crippen LogP contribution in [0.25, 0.3) is 0 Å². The van der Waals surface area contributed by atoms with Gasteiger partial charge in [0.15, 0.2) is 18.2 Å². The van der Waals surface area contributed by atoms with Crippen molar-refractivity contribution in [3.8, 4) is 0 Å². The van der Waals surface area contributed by atoms with Crippen LogP contribution in [-0.4, -0.2) is 13.2 Å². The third kappa shape index (κ3) is 1.60. The zero-order valence-corrected chi connectivity index (χ0v) is 9.03. The summed E-state index contributed by atoms with van der Waals surface area (Å²) in [5, 5.41) is 11.0. The third-order valence-electron chi connectivity index (χ3n) is 2.61. The summed E-state index contributed by atoms with van der Waals surface area (Å²) < 4.78 is 12.1. The van der Waals surface area contributed by atoms with Gasteiger partial charge in [0.25, 0.3) is 0 Å². The van der Waals surface area contributed by atoms with Gasteiger partial charge in [0.2, 0.25) is 0 Å². The molecule has 82 valence electrons. The molecule has 1 heterocycles. The minimum Gasteiger partial charge on any atom is -0.619 e. The Kier molecular flexibility index (Phi) is 2.63. The number of hydrogen-bond acceptors (Lipinski definition) is 3. The maximum absolute atomic E-state index is 11.0. The molecule has 0 bridgehead atoms. The Morgan fingerprint density at radius 2 is 2.07 bits per heavy atom. The Morgan fingerprint density at radius 3 is 2.60 bits per heavy atom. The van der Waals surface area contributed by atoms with Crippen molar-refractivity contribution >= 4 is 0 Å². The second-order valence-corrected chi connectivity index (χ2v) is 3.54. The monoisotopic (exact) mass is 209 g/mol. The van der Waals surface area contributed by atoms with Gasteiger partial charge in [-0.25, -0.2) is 0 Å². The van der Waals surface area contributed by atoms with Gasteiger partial charge < -0.3 is 14.7 Å². The topological polar surface area (TPSA) is 45.4 Å². The maximum Gasteiger partial charge on any atom is 0.199 e. The molecular formula is C11H15NO3. The van der Waals surface area contributed by atoms with E-state index in [1.807, 2.05) is 13.8 Å². The Labute approximate surface area is 89.0 Å². The highest BCUT2D eigenvalue weighted by Gasteiger charge is 2.46. The molecule has 4 heteroatoms. The van der Waals surface area contributed by atoms with E-state index in [4.69, 9.17) is 9.47 Å². The number of pyridine rings is 1. The Balaban J connectivity index is 2.28. The molecule has 0 spiro atoms. The van der Waals surface area contributed by atoms with E-state index < -0.39 is 5.79 Å². The number of hydrogen-bond donors (Lipinski definition) is 0. The number of aromatic nitrogens is 1. The normalized spacial score (nSPS) is 16.9. The quantitative estimate of drug-likeness (QED) is 0.424. The molecule has 0 aromatic carbocycles. The van der Waals surface area contributed by atoms with E-state index in [9.17, 15) is 5.21 Å². The van der Waals surface area contributed by atoms with Crippen LogP contribution in [0.1, 0.15) is 25.0 Å². The van der Waals surface area contributed by atoms with Crippen LogP contribution in [0.5, 0.6) is 0 Å². The van der Waals surface area contributed by atoms with Crippen LogP contribution in [0.4, 0.5) is 0 Å². The first-order valence-corrected chi connectivity index (χ1v) is 5.22. The van der Waals surface area contributed by atoms with Gasteiger partial charge >= 0.3 is 0 Å². The molecule has 1 aliphatic rings. The molecule has 0 N–H and O–H groups in total. The molecule has 0 radical (unpaired) electrons. The van der Waals surface area contributed by atoms with Crippen molar-refractivity contribution in [2.24, 2.45) is 0 Å². The molecule has 0 atom stereocenters. The zero-order chi connectivity index (χ0) is 10.9. The molecule has 0 aliphatic heterocycles. The minimum atomic E-state index is -0.604. The van der Waals surface area contributed by atoms with Crippen molar-refractivity contribution < 1.29 is 14.2 Å². The standard InChI is InChI=1S/C11H15NO3/c1-3-14-11(15-4-2)7-9-8-12(13)6-5-10(9)11/h5-6,8H,3-4,7H2,1-2H3. The van der Waals surface area contributed by atoms with Crippen molar-refractivity contribution in [3.63, 3.8) is 0 Å². The van der Waals surface area contributed by atoms with E-state index in [0.29, 0.717) is 19.6 Å². The Hall–Kier alpha value is -1.13. The van der Waals surface area contributed by atoms with Crippen LogP contribution in [0.2, 0.25) is 0 Å². The molecule has 0 saturated heterocycles. The van der Waals surface area contributed by atoms with E-state index in [2.05, 4.69) is 0 Å². The molecule has 0 fully saturated rings. The van der Waals surface area contributed by atoms with Crippen molar-refractivity contribution in [3.05, 3.63) is 34.8 Å². The van der Waals surface area contributed by atoms with E-state index in [-0.39, 0.29) is 0 Å². The highest BCUT2D eigenvalue weighted by atomic mass is 16.7. The van der Waals surface area contributed by atoms with E-state index in [0.717, 1.165) is 15.9 Å². The van der Waals surface area contributed by atoms with Gasteiger partial charge in [-0.05, 0) is 13.8 Å². The number of nitrogens with zero attached hydrogens (tertiary/aromatic N) is 1. The first-order chi connectivity index (χ1) is 7.22. The predicted molar refractivity (Wildman–Crippen MR) is 54.0 cm³/mol. The summed E-state index contributed by atoms with van der Waals surface area (Å²) in [6.45, 7) is 5.09. The number of fused-ring (bicyclic) bond motifs is 1. The van der Waals surface area contributed by atoms with Crippen molar-refractivity contribution in [2.75, 3.05) is 13.2 Å². The minimum absolute atomic E-state index is 0.603. The fourth-order valence-electron chi connectivity index (χ4n) is 2.04. The van der Waals surface area contributed by atoms with Crippen LogP contribution in [0.3, 0.4) is 0 Å². The summed E-state index contributed by atoms with van der Waals surface area (Å²) in [5.74, 6) is -0.604. The van der Waals surface area contributed by atoms with E-state index in [1.54, 1.807) is 12.3 Å². The Bertz CT molecular complexity index is 359. The largest absolute Gasteiger partial charge is 0.619 e. The predicted octanol–water partition coefficient (Wildman–Crippen LogP) is 1.10. The Morgan fingerprint density at radius 1 is 1.40 bits per heavy atom. The second kappa shape index (κ2) is 3.79. The van der Waals surface area contributed by atoms with Crippen molar-refractivity contribution in [2.45, 2.75) is 26.1 Å². The molecule has 0 amide bonds. The van der Waals surface area contributed by atoms with Gasteiger partial charge in [0.05, 0.1) is 0 Å². The number of ether oxygens (including phenoxy) is 2. The van der Waals surface area contributed by atoms with Crippen LogP contribution in [0.15, 0.2) is 18.5 Å². The van der Waals surface area contributed by atoms with Gasteiger partial charge in [0.1, 0.15) is 0 Å². The average Bonchev–Trinajstić information content (AvgIpc) is 2.16. The van der Waals surface area contributed by atoms with Gasteiger partial charge in [-0.1, -0.05) is 0 Å². The molecule has 15 heavy (non-hydrogen) atoms. The van der Waals surface area contributed by atoms with E-state index >= 15 is 0 Å². The lowest BCUT2D eigenvalue weighted by Gasteiger charge is -2.41. The molecule has 0 unspecified atom stereocenters. The first kappa shape index (κ1) is 10.4. The zero-order valence-electron chi connectivity index (χ0n) is 9.03. The third-order valence-corrected chi connectivity index (χ3v) is 2.61. The van der Waals surface area contributed by atoms with Gasteiger partial charge in [0, 0.05) is 36.8 Å². The molecule has 1 aromatic heterocycles. The summed E-state index contributed by atoms with van der Waals surface area (Å²) in [5.41, 5.74) is 1.99. The van der Waals surface area contributed by atoms with Crippen LogP contribution >= 0.6 is 0 Å². The summed E-state index contributed by atoms with van der Waals surface area (Å²) in [6.07, 6.45) is 3.71. The van der Waals surface area contributed by atoms with Crippen molar-refractivity contribution in [1.29, 1.82) is 0 Å². The summed E-state index contributed by atoms with van der Waals surface area (Å²) in [6, 6.07) is 1.77. The molecule has 0 saturated carbocycles. The van der Waals surface area contributed by atoms with Crippen LogP contribution in [-0.2, 0) is 21.7 Å². The second-order valence-electron chi connectivity index (χ2n) is 3.54. The fourth-order valence-corrected chi connectivity index (χ4v) is 2.04. The summed E-state index contributed by atoms with van der Waals surface area (Å²) in [4.78, 5) is 0. The van der Waals surface area contributed by atoms with Crippen LogP contribution < -0.4 is 4.73 Å². The van der Waals surface area contributed by atoms with Crippen LogP contribution in [0, 0.1) is 5.21 Å². The molecule has 1 aromatic rings. The SMILES string of the molecule is CCOC1(OCC)Cc2c[n+]([O-])ccc21. The smallest absolute Gasteiger partial charge is 0.199 e. The van der Waals surface area contributed by atoms with Gasteiger partial charge in [-0.3, -0.25) is 0 Å². The van der Waals surface area contributed by atoms with Gasteiger partial charge in [-0.2, -0.15) is 4.73 Å². The highest BCUT2D eigenvalue weighted by molar-refractivity contribution is 5.37. The molecule has 1 aliphatic carbocycles. The molecular weight excluding hydrogens is 194 g/mol. The first-order valence-electron chi connectivity index (χ1n) is 5.22. The fraction of sp³-hybridized carbons (Fsp3) is 0.545. The molecule has 4 nitrogen and oxygen atoms in total. The lowest BCUT2D eigenvalue weighted by atomic mass is 9.83.